The minimum absolute atomic E-state index is 0.108. The molecule has 0 amide bonds. The highest BCUT2D eigenvalue weighted by Crippen LogP contribution is 2.33. The van der Waals surface area contributed by atoms with E-state index in [0.717, 1.165) is 19.3 Å². The molecule has 0 bridgehead atoms. The zero-order chi connectivity index (χ0) is 16.0. The predicted octanol–water partition coefficient (Wildman–Crippen LogP) is 3.83. The lowest BCUT2D eigenvalue weighted by Gasteiger charge is -2.11. The molecule has 4 heteroatoms. The molecule has 0 radical (unpaired) electrons. The highest BCUT2D eigenvalue weighted by Gasteiger charge is 2.40. The summed E-state index contributed by atoms with van der Waals surface area (Å²) < 4.78 is 0. The summed E-state index contributed by atoms with van der Waals surface area (Å²) >= 11 is 1.61. The maximum Gasteiger partial charge on any atom is 0.156 e. The standard InChI is InChI=1S/C17H28O3S/c1-11(2)14(18)9-7-5-6-8-13-15(19)10-16(17(13)20)21-12(3)4/h11-13,16H,5-10H2,1-4H3. The second-order valence-electron chi connectivity index (χ2n) is 6.52. The summed E-state index contributed by atoms with van der Waals surface area (Å²) in [7, 11) is 0. The van der Waals surface area contributed by atoms with E-state index in [-0.39, 0.29) is 28.7 Å². The fraction of sp³-hybridized carbons (Fsp3) is 0.824. The monoisotopic (exact) mass is 312 g/mol. The molecule has 1 fully saturated rings. The quantitative estimate of drug-likeness (QED) is 0.479. The van der Waals surface area contributed by atoms with Crippen LogP contribution in [0.5, 0.6) is 0 Å². The SMILES string of the molecule is CC(C)SC1CC(=O)C(CCCCCC(=O)C(C)C)C1=O. The first-order chi connectivity index (χ1) is 9.82. The Kier molecular flexibility index (Phi) is 7.64. The Bertz CT molecular complexity index is 387. The van der Waals surface area contributed by atoms with E-state index in [0.29, 0.717) is 30.3 Å². The van der Waals surface area contributed by atoms with Crippen molar-refractivity contribution in [3.8, 4) is 0 Å². The zero-order valence-corrected chi connectivity index (χ0v) is 14.5. The smallest absolute Gasteiger partial charge is 0.156 e. The lowest BCUT2D eigenvalue weighted by molar-refractivity contribution is -0.127. The Balaban J connectivity index is 2.27. The van der Waals surface area contributed by atoms with Gasteiger partial charge < -0.3 is 0 Å². The van der Waals surface area contributed by atoms with Crippen LogP contribution in [0.3, 0.4) is 0 Å². The van der Waals surface area contributed by atoms with Gasteiger partial charge in [0.1, 0.15) is 11.6 Å². The maximum absolute atomic E-state index is 12.2. The highest BCUT2D eigenvalue weighted by molar-refractivity contribution is 8.01. The van der Waals surface area contributed by atoms with Crippen molar-refractivity contribution in [3.05, 3.63) is 0 Å². The first-order valence-corrected chi connectivity index (χ1v) is 9.01. The van der Waals surface area contributed by atoms with Crippen LogP contribution in [-0.2, 0) is 14.4 Å². The van der Waals surface area contributed by atoms with Gasteiger partial charge in [-0.1, -0.05) is 40.5 Å². The van der Waals surface area contributed by atoms with Crippen molar-refractivity contribution < 1.29 is 14.4 Å². The number of carbonyl (C=O) groups is 3. The van der Waals surface area contributed by atoms with Crippen molar-refractivity contribution in [2.75, 3.05) is 0 Å². The Morgan fingerprint density at radius 3 is 2.38 bits per heavy atom. The number of unbranched alkanes of at least 4 members (excludes halogenated alkanes) is 2. The van der Waals surface area contributed by atoms with Crippen LogP contribution < -0.4 is 0 Å². The Morgan fingerprint density at radius 1 is 1.14 bits per heavy atom. The molecular weight excluding hydrogens is 284 g/mol. The van der Waals surface area contributed by atoms with Gasteiger partial charge in [0.2, 0.25) is 0 Å². The lowest BCUT2D eigenvalue weighted by atomic mass is 9.96. The molecule has 0 aromatic rings. The number of hydrogen-bond donors (Lipinski definition) is 0. The highest BCUT2D eigenvalue weighted by atomic mass is 32.2. The Morgan fingerprint density at radius 2 is 1.81 bits per heavy atom. The van der Waals surface area contributed by atoms with Gasteiger partial charge in [0, 0.05) is 18.8 Å². The summed E-state index contributed by atoms with van der Waals surface area (Å²) in [4.78, 5) is 35.7. The largest absolute Gasteiger partial charge is 0.299 e. The van der Waals surface area contributed by atoms with Crippen molar-refractivity contribution >= 4 is 29.1 Å². The van der Waals surface area contributed by atoms with Gasteiger partial charge in [0.05, 0.1) is 11.2 Å². The minimum atomic E-state index is -0.373. The number of carbonyl (C=O) groups excluding carboxylic acids is 3. The predicted molar refractivity (Wildman–Crippen MR) is 87.6 cm³/mol. The first kappa shape index (κ1) is 18.4. The molecule has 0 saturated heterocycles. The molecule has 21 heavy (non-hydrogen) atoms. The summed E-state index contributed by atoms with van der Waals surface area (Å²) in [6.45, 7) is 7.96. The lowest BCUT2D eigenvalue weighted by Crippen LogP contribution is -2.19. The van der Waals surface area contributed by atoms with Crippen LogP contribution in [0.2, 0.25) is 0 Å². The minimum Gasteiger partial charge on any atom is -0.299 e. The molecule has 0 aromatic heterocycles. The van der Waals surface area contributed by atoms with Crippen molar-refractivity contribution in [1.29, 1.82) is 0 Å². The van der Waals surface area contributed by atoms with Gasteiger partial charge in [-0.05, 0) is 18.1 Å². The maximum atomic E-state index is 12.2. The van der Waals surface area contributed by atoms with E-state index in [4.69, 9.17) is 0 Å². The van der Waals surface area contributed by atoms with Crippen LogP contribution in [0, 0.1) is 11.8 Å². The van der Waals surface area contributed by atoms with Gasteiger partial charge in [-0.25, -0.2) is 0 Å². The molecule has 1 saturated carbocycles. The van der Waals surface area contributed by atoms with Crippen LogP contribution >= 0.6 is 11.8 Å². The fourth-order valence-corrected chi connectivity index (χ4v) is 3.88. The second kappa shape index (κ2) is 8.72. The van der Waals surface area contributed by atoms with Gasteiger partial charge in [-0.3, -0.25) is 14.4 Å². The van der Waals surface area contributed by atoms with E-state index in [1.807, 2.05) is 13.8 Å². The molecule has 0 aromatic carbocycles. The molecule has 1 rings (SSSR count). The molecule has 0 aliphatic heterocycles. The summed E-state index contributed by atoms with van der Waals surface area (Å²) in [5.74, 6) is 0.295. The van der Waals surface area contributed by atoms with Gasteiger partial charge in [-0.15, -0.1) is 11.8 Å². The molecule has 120 valence electrons. The Hall–Kier alpha value is -0.640. The van der Waals surface area contributed by atoms with Crippen molar-refractivity contribution in [1.82, 2.24) is 0 Å². The van der Waals surface area contributed by atoms with Gasteiger partial charge in [0.15, 0.2) is 5.78 Å². The number of ketones is 3. The van der Waals surface area contributed by atoms with E-state index in [2.05, 4.69) is 13.8 Å². The summed E-state index contributed by atoms with van der Waals surface area (Å²) in [6.07, 6.45) is 4.37. The molecule has 2 unspecified atom stereocenters. The van der Waals surface area contributed by atoms with Gasteiger partial charge >= 0.3 is 0 Å². The van der Waals surface area contributed by atoms with E-state index in [9.17, 15) is 14.4 Å². The van der Waals surface area contributed by atoms with E-state index in [1.54, 1.807) is 11.8 Å². The summed E-state index contributed by atoms with van der Waals surface area (Å²) in [5, 5.41) is 0.262. The average molecular weight is 312 g/mol. The summed E-state index contributed by atoms with van der Waals surface area (Å²) in [6, 6.07) is 0. The Labute approximate surface area is 132 Å². The van der Waals surface area contributed by atoms with Crippen molar-refractivity contribution in [2.24, 2.45) is 11.8 Å². The molecular formula is C17H28O3S. The second-order valence-corrected chi connectivity index (χ2v) is 8.30. The molecule has 0 heterocycles. The van der Waals surface area contributed by atoms with Gasteiger partial charge in [0.25, 0.3) is 0 Å². The van der Waals surface area contributed by atoms with Crippen LogP contribution in [0.4, 0.5) is 0 Å². The van der Waals surface area contributed by atoms with Crippen LogP contribution in [0.25, 0.3) is 0 Å². The number of thioether (sulfide) groups is 1. The number of rotatable bonds is 9. The molecule has 0 N–H and O–H groups in total. The third kappa shape index (κ3) is 5.93. The van der Waals surface area contributed by atoms with E-state index >= 15 is 0 Å². The van der Waals surface area contributed by atoms with Crippen molar-refractivity contribution in [3.63, 3.8) is 0 Å². The van der Waals surface area contributed by atoms with Crippen LogP contribution in [0.15, 0.2) is 0 Å². The molecule has 2 atom stereocenters. The molecule has 1 aliphatic carbocycles. The first-order valence-electron chi connectivity index (χ1n) is 8.07. The zero-order valence-electron chi connectivity index (χ0n) is 13.7. The van der Waals surface area contributed by atoms with Crippen LogP contribution in [-0.4, -0.2) is 27.8 Å². The molecule has 3 nitrogen and oxygen atoms in total. The topological polar surface area (TPSA) is 51.2 Å². The summed E-state index contributed by atoms with van der Waals surface area (Å²) in [5.41, 5.74) is 0. The third-order valence-corrected chi connectivity index (χ3v) is 5.20. The molecule has 0 spiro atoms. The molecule has 1 aliphatic rings. The van der Waals surface area contributed by atoms with Crippen LogP contribution in [0.1, 0.15) is 66.2 Å². The third-order valence-electron chi connectivity index (χ3n) is 3.93. The van der Waals surface area contributed by atoms with E-state index < -0.39 is 0 Å². The van der Waals surface area contributed by atoms with E-state index in [1.165, 1.54) is 0 Å². The number of Topliss-reactive ketones (excluding diaryl/α,β-unsaturated/α-hetero) is 3. The average Bonchev–Trinajstić information content (AvgIpc) is 2.64. The number of hydrogen-bond acceptors (Lipinski definition) is 4. The fourth-order valence-electron chi connectivity index (χ4n) is 2.67. The van der Waals surface area contributed by atoms with Crippen molar-refractivity contribution in [2.45, 2.75) is 76.7 Å². The normalized spacial score (nSPS) is 22.6. The van der Waals surface area contributed by atoms with Gasteiger partial charge in [-0.2, -0.15) is 0 Å².